The molecular formula is C26H32N6O. The van der Waals surface area contributed by atoms with Gasteiger partial charge in [-0.05, 0) is 64.1 Å². The molecule has 2 saturated carbocycles. The predicted molar refractivity (Wildman–Crippen MR) is 127 cm³/mol. The molecule has 0 unspecified atom stereocenters. The molecule has 1 aromatic heterocycles. The summed E-state index contributed by atoms with van der Waals surface area (Å²) in [6.07, 6.45) is 10.6. The molecule has 0 bridgehead atoms. The molecule has 0 atom stereocenters. The minimum Gasteiger partial charge on any atom is -0.317 e. The second kappa shape index (κ2) is 8.42. The standard InChI is InChI=1S/C26H32N6O/c1-30(2)26(22-9-4-3-5-10-22)13-11-25(12-14-26)19-31(23-28-16-21(15-27)17-29-23)24(33)32(25)18-20-7-6-8-20/h3-5,9-10,16-17,20H,6-8,11-14,18-19H2,1-2H3/t25-,26+. The Bertz CT molecular complexity index is 1030. The number of benzene rings is 1. The van der Waals surface area contributed by atoms with Crippen molar-refractivity contribution < 1.29 is 4.79 Å². The van der Waals surface area contributed by atoms with E-state index in [1.165, 1.54) is 37.2 Å². The Morgan fingerprint density at radius 1 is 1.09 bits per heavy atom. The largest absolute Gasteiger partial charge is 0.327 e. The molecule has 1 aromatic carbocycles. The van der Waals surface area contributed by atoms with Gasteiger partial charge in [0.25, 0.3) is 0 Å². The van der Waals surface area contributed by atoms with E-state index in [9.17, 15) is 4.79 Å². The van der Waals surface area contributed by atoms with Gasteiger partial charge < -0.3 is 4.90 Å². The van der Waals surface area contributed by atoms with Crippen LogP contribution in [0.25, 0.3) is 0 Å². The molecule has 1 aliphatic heterocycles. The molecule has 7 heteroatoms. The van der Waals surface area contributed by atoms with Crippen molar-refractivity contribution in [1.82, 2.24) is 19.8 Å². The maximum atomic E-state index is 13.7. The Balaban J connectivity index is 1.44. The normalized spacial score (nSPS) is 27.8. The zero-order valence-electron chi connectivity index (χ0n) is 19.6. The van der Waals surface area contributed by atoms with Crippen LogP contribution in [0.15, 0.2) is 42.7 Å². The van der Waals surface area contributed by atoms with Gasteiger partial charge in [0.2, 0.25) is 5.95 Å². The third-order valence-corrected chi connectivity index (χ3v) is 8.34. The first kappa shape index (κ1) is 21.8. The van der Waals surface area contributed by atoms with Crippen LogP contribution in [0.4, 0.5) is 10.7 Å². The summed E-state index contributed by atoms with van der Waals surface area (Å²) in [6.45, 7) is 1.44. The fourth-order valence-corrected chi connectivity index (χ4v) is 5.98. The number of hydrogen-bond donors (Lipinski definition) is 0. The molecule has 5 rings (SSSR count). The van der Waals surface area contributed by atoms with Crippen LogP contribution in [-0.2, 0) is 5.54 Å². The summed E-state index contributed by atoms with van der Waals surface area (Å²) in [6, 6.07) is 12.9. The average Bonchev–Trinajstić information content (AvgIpc) is 3.08. The van der Waals surface area contributed by atoms with Crippen molar-refractivity contribution in [2.24, 2.45) is 5.92 Å². The first-order valence-electron chi connectivity index (χ1n) is 12.0. The Labute approximate surface area is 196 Å². The van der Waals surface area contributed by atoms with Crippen LogP contribution >= 0.6 is 0 Å². The molecular weight excluding hydrogens is 412 g/mol. The molecule has 2 heterocycles. The molecule has 3 fully saturated rings. The van der Waals surface area contributed by atoms with Crippen LogP contribution in [0.2, 0.25) is 0 Å². The lowest BCUT2D eigenvalue weighted by molar-refractivity contribution is 0.0172. The second-order valence-corrected chi connectivity index (χ2v) is 10.2. The number of carbonyl (C=O) groups excluding carboxylic acids is 1. The maximum absolute atomic E-state index is 13.7. The lowest BCUT2D eigenvalue weighted by Crippen LogP contribution is -2.56. The summed E-state index contributed by atoms with van der Waals surface area (Å²) in [4.78, 5) is 28.6. The third-order valence-electron chi connectivity index (χ3n) is 8.34. The van der Waals surface area contributed by atoms with E-state index >= 15 is 0 Å². The zero-order chi connectivity index (χ0) is 23.1. The van der Waals surface area contributed by atoms with E-state index in [-0.39, 0.29) is 17.1 Å². The number of hydrogen-bond acceptors (Lipinski definition) is 5. The van der Waals surface area contributed by atoms with Gasteiger partial charge >= 0.3 is 6.03 Å². The quantitative estimate of drug-likeness (QED) is 0.692. The van der Waals surface area contributed by atoms with E-state index in [1.54, 1.807) is 4.90 Å². The molecule has 2 amide bonds. The van der Waals surface area contributed by atoms with Gasteiger partial charge in [-0.15, -0.1) is 0 Å². The van der Waals surface area contributed by atoms with Gasteiger partial charge in [-0.1, -0.05) is 36.8 Å². The van der Waals surface area contributed by atoms with Crippen molar-refractivity contribution in [1.29, 1.82) is 5.26 Å². The lowest BCUT2D eigenvalue weighted by atomic mass is 9.68. The minimum absolute atomic E-state index is 0.0173. The number of nitrogens with zero attached hydrogens (tertiary/aromatic N) is 6. The van der Waals surface area contributed by atoms with Crippen LogP contribution in [0, 0.1) is 17.2 Å². The SMILES string of the molecule is CN(C)[C@]1(c2ccccc2)CC[C@]2(CC1)CN(c1ncc(C#N)cn1)C(=O)N2CC1CCC1. The molecule has 7 nitrogen and oxygen atoms in total. The predicted octanol–water partition coefficient (Wildman–Crippen LogP) is 4.16. The monoisotopic (exact) mass is 444 g/mol. The van der Waals surface area contributed by atoms with E-state index in [0.29, 0.717) is 24.0 Å². The zero-order valence-corrected chi connectivity index (χ0v) is 19.6. The molecule has 1 saturated heterocycles. The van der Waals surface area contributed by atoms with Crippen molar-refractivity contribution in [3.8, 4) is 6.07 Å². The molecule has 172 valence electrons. The van der Waals surface area contributed by atoms with Crippen molar-refractivity contribution in [3.63, 3.8) is 0 Å². The van der Waals surface area contributed by atoms with Crippen molar-refractivity contribution in [2.45, 2.75) is 56.0 Å². The Morgan fingerprint density at radius 2 is 1.76 bits per heavy atom. The Morgan fingerprint density at radius 3 is 2.30 bits per heavy atom. The summed E-state index contributed by atoms with van der Waals surface area (Å²) in [5, 5.41) is 9.08. The topological polar surface area (TPSA) is 76.4 Å². The highest BCUT2D eigenvalue weighted by molar-refractivity contribution is 5.93. The number of anilines is 1. The molecule has 2 aromatic rings. The first-order chi connectivity index (χ1) is 16.0. The first-order valence-corrected chi connectivity index (χ1v) is 12.0. The van der Waals surface area contributed by atoms with E-state index < -0.39 is 0 Å². The van der Waals surface area contributed by atoms with Crippen LogP contribution in [-0.4, -0.2) is 58.5 Å². The fourth-order valence-electron chi connectivity index (χ4n) is 5.98. The number of rotatable bonds is 5. The Kier molecular flexibility index (Phi) is 5.57. The molecule has 0 N–H and O–H groups in total. The summed E-state index contributed by atoms with van der Waals surface area (Å²) in [5.41, 5.74) is 1.55. The number of amides is 2. The van der Waals surface area contributed by atoms with Gasteiger partial charge in [-0.25, -0.2) is 14.8 Å². The average molecular weight is 445 g/mol. The minimum atomic E-state index is -0.196. The van der Waals surface area contributed by atoms with Crippen LogP contribution < -0.4 is 4.90 Å². The van der Waals surface area contributed by atoms with Gasteiger partial charge in [-0.3, -0.25) is 9.80 Å². The van der Waals surface area contributed by atoms with Crippen LogP contribution in [0.3, 0.4) is 0 Å². The highest BCUT2D eigenvalue weighted by Gasteiger charge is 2.55. The van der Waals surface area contributed by atoms with Crippen molar-refractivity contribution >= 4 is 12.0 Å². The van der Waals surface area contributed by atoms with Gasteiger partial charge in [-0.2, -0.15) is 5.26 Å². The fraction of sp³-hybridized carbons (Fsp3) is 0.538. The van der Waals surface area contributed by atoms with Gasteiger partial charge in [0, 0.05) is 12.1 Å². The van der Waals surface area contributed by atoms with E-state index in [4.69, 9.17) is 5.26 Å². The molecule has 0 radical (unpaired) electrons. The van der Waals surface area contributed by atoms with E-state index in [1.807, 2.05) is 0 Å². The van der Waals surface area contributed by atoms with Crippen molar-refractivity contribution in [3.05, 3.63) is 53.9 Å². The summed E-state index contributed by atoms with van der Waals surface area (Å²) < 4.78 is 0. The van der Waals surface area contributed by atoms with Gasteiger partial charge in [0.1, 0.15) is 6.07 Å². The van der Waals surface area contributed by atoms with Crippen LogP contribution in [0.5, 0.6) is 0 Å². The number of carbonyl (C=O) groups is 1. The number of nitriles is 1. The third kappa shape index (κ3) is 3.67. The molecule has 1 spiro atoms. The van der Waals surface area contributed by atoms with Crippen molar-refractivity contribution in [2.75, 3.05) is 32.1 Å². The summed E-state index contributed by atoms with van der Waals surface area (Å²) >= 11 is 0. The maximum Gasteiger partial charge on any atom is 0.327 e. The Hall–Kier alpha value is -2.98. The van der Waals surface area contributed by atoms with Gasteiger partial charge in [0.15, 0.2) is 0 Å². The summed E-state index contributed by atoms with van der Waals surface area (Å²) in [7, 11) is 4.35. The summed E-state index contributed by atoms with van der Waals surface area (Å²) in [5.74, 6) is 1.00. The highest BCUT2D eigenvalue weighted by atomic mass is 16.2. The van der Waals surface area contributed by atoms with Crippen LogP contribution in [0.1, 0.15) is 56.1 Å². The van der Waals surface area contributed by atoms with E-state index in [0.717, 1.165) is 32.2 Å². The molecule has 3 aliphatic rings. The molecule has 2 aliphatic carbocycles. The van der Waals surface area contributed by atoms with Gasteiger partial charge in [0.05, 0.1) is 30.0 Å². The second-order valence-electron chi connectivity index (χ2n) is 10.2. The highest BCUT2D eigenvalue weighted by Crippen LogP contribution is 2.49. The number of aromatic nitrogens is 2. The van der Waals surface area contributed by atoms with E-state index in [2.05, 4.69) is 70.3 Å². The smallest absolute Gasteiger partial charge is 0.317 e. The number of urea groups is 1. The molecule has 33 heavy (non-hydrogen) atoms. The lowest BCUT2D eigenvalue weighted by Gasteiger charge is -2.51.